The Labute approximate surface area is 84.1 Å². The molecule has 0 aromatic heterocycles. The van der Waals surface area contributed by atoms with E-state index in [0.717, 1.165) is 0 Å². The van der Waals surface area contributed by atoms with Crippen molar-refractivity contribution in [1.29, 1.82) is 0 Å². The molecule has 1 N–H and O–H groups in total. The van der Waals surface area contributed by atoms with Gasteiger partial charge in [-0.1, -0.05) is 0 Å². The number of ether oxygens (including phenoxy) is 3. The molecule has 2 aliphatic rings. The minimum absolute atomic E-state index is 0.0443. The summed E-state index contributed by atoms with van der Waals surface area (Å²) >= 11 is 0. The molecule has 0 aromatic rings. The second-order valence-electron chi connectivity index (χ2n) is 4.93. The first-order chi connectivity index (χ1) is 6.47. The summed E-state index contributed by atoms with van der Waals surface area (Å²) in [4.78, 5) is 0. The van der Waals surface area contributed by atoms with E-state index in [1.165, 1.54) is 0 Å². The SMILES string of the molecule is CC(C)(C)O[C@@H]1CO[C@H]2[C@@H]1OC[C@H]2O. The minimum atomic E-state index is -0.492. The predicted octanol–water partition coefficient (Wildman–Crippen LogP) is 0.329. The molecule has 14 heavy (non-hydrogen) atoms. The summed E-state index contributed by atoms with van der Waals surface area (Å²) < 4.78 is 16.7. The van der Waals surface area contributed by atoms with Crippen molar-refractivity contribution in [3.05, 3.63) is 0 Å². The van der Waals surface area contributed by atoms with Gasteiger partial charge in [-0.05, 0) is 20.8 Å². The molecule has 2 heterocycles. The number of hydrogen-bond acceptors (Lipinski definition) is 4. The van der Waals surface area contributed by atoms with Crippen molar-refractivity contribution in [2.24, 2.45) is 0 Å². The van der Waals surface area contributed by atoms with Gasteiger partial charge in [0, 0.05) is 0 Å². The van der Waals surface area contributed by atoms with Gasteiger partial charge in [-0.15, -0.1) is 0 Å². The molecule has 0 amide bonds. The predicted molar refractivity (Wildman–Crippen MR) is 50.1 cm³/mol. The largest absolute Gasteiger partial charge is 0.388 e. The maximum absolute atomic E-state index is 9.51. The Morgan fingerprint density at radius 3 is 2.43 bits per heavy atom. The molecule has 0 unspecified atom stereocenters. The van der Waals surface area contributed by atoms with Crippen LogP contribution in [0, 0.1) is 0 Å². The third-order valence-electron chi connectivity index (χ3n) is 2.49. The lowest BCUT2D eigenvalue weighted by Crippen LogP contribution is -2.37. The van der Waals surface area contributed by atoms with Crippen LogP contribution in [0.25, 0.3) is 0 Å². The normalized spacial score (nSPS) is 42.9. The maximum Gasteiger partial charge on any atom is 0.115 e. The number of rotatable bonds is 1. The third kappa shape index (κ3) is 1.93. The molecule has 0 aliphatic carbocycles. The Bertz CT molecular complexity index is 211. The van der Waals surface area contributed by atoms with Gasteiger partial charge in [0.2, 0.25) is 0 Å². The van der Waals surface area contributed by atoms with Crippen molar-refractivity contribution in [2.45, 2.75) is 50.8 Å². The van der Waals surface area contributed by atoms with E-state index in [2.05, 4.69) is 0 Å². The zero-order chi connectivity index (χ0) is 10.3. The second-order valence-corrected chi connectivity index (χ2v) is 4.93. The van der Waals surface area contributed by atoms with Crippen LogP contribution in [-0.2, 0) is 14.2 Å². The first kappa shape index (κ1) is 10.4. The Balaban J connectivity index is 1.97. The molecule has 4 atom stereocenters. The molecule has 82 valence electrons. The standard InChI is InChI=1S/C10H18O4/c1-10(2,3)14-7-5-13-8-6(11)4-12-9(7)8/h6-9,11H,4-5H2,1-3H3/t6-,7-,8-,9-/m1/s1. The summed E-state index contributed by atoms with van der Waals surface area (Å²) in [7, 11) is 0. The van der Waals surface area contributed by atoms with Crippen molar-refractivity contribution in [1.82, 2.24) is 0 Å². The van der Waals surface area contributed by atoms with Gasteiger partial charge in [0.1, 0.15) is 24.4 Å². The van der Waals surface area contributed by atoms with E-state index in [1.807, 2.05) is 20.8 Å². The highest BCUT2D eigenvalue weighted by molar-refractivity contribution is 4.95. The molecule has 2 fully saturated rings. The van der Waals surface area contributed by atoms with E-state index in [4.69, 9.17) is 14.2 Å². The average Bonchev–Trinajstić information content (AvgIpc) is 2.55. The molecular weight excluding hydrogens is 184 g/mol. The fourth-order valence-electron chi connectivity index (χ4n) is 2.00. The van der Waals surface area contributed by atoms with Gasteiger partial charge >= 0.3 is 0 Å². The van der Waals surface area contributed by atoms with Gasteiger partial charge in [-0.25, -0.2) is 0 Å². The molecule has 0 spiro atoms. The molecule has 0 bridgehead atoms. The van der Waals surface area contributed by atoms with E-state index < -0.39 is 6.10 Å². The van der Waals surface area contributed by atoms with Crippen molar-refractivity contribution in [3.8, 4) is 0 Å². The average molecular weight is 202 g/mol. The van der Waals surface area contributed by atoms with Crippen LogP contribution in [0.3, 0.4) is 0 Å². The quantitative estimate of drug-likeness (QED) is 0.665. The highest BCUT2D eigenvalue weighted by Crippen LogP contribution is 2.30. The smallest absolute Gasteiger partial charge is 0.115 e. The number of aliphatic hydroxyl groups is 1. The van der Waals surface area contributed by atoms with Gasteiger partial charge in [-0.2, -0.15) is 0 Å². The Morgan fingerprint density at radius 2 is 1.79 bits per heavy atom. The first-order valence-electron chi connectivity index (χ1n) is 5.06. The fourth-order valence-corrected chi connectivity index (χ4v) is 2.00. The summed E-state index contributed by atoms with van der Waals surface area (Å²) in [5, 5.41) is 9.51. The highest BCUT2D eigenvalue weighted by Gasteiger charge is 2.48. The molecular formula is C10H18O4. The highest BCUT2D eigenvalue weighted by atomic mass is 16.6. The summed E-state index contributed by atoms with van der Waals surface area (Å²) in [6, 6.07) is 0. The van der Waals surface area contributed by atoms with Gasteiger partial charge < -0.3 is 19.3 Å². The van der Waals surface area contributed by atoms with Crippen LogP contribution in [0.5, 0.6) is 0 Å². The van der Waals surface area contributed by atoms with Crippen LogP contribution in [0.15, 0.2) is 0 Å². The van der Waals surface area contributed by atoms with Crippen LogP contribution < -0.4 is 0 Å². The molecule has 2 rings (SSSR count). The second kappa shape index (κ2) is 3.45. The molecule has 0 radical (unpaired) electrons. The number of hydrogen-bond donors (Lipinski definition) is 1. The zero-order valence-corrected chi connectivity index (χ0v) is 8.90. The summed E-state index contributed by atoms with van der Waals surface area (Å²) in [6.45, 7) is 6.89. The minimum Gasteiger partial charge on any atom is -0.388 e. The van der Waals surface area contributed by atoms with E-state index >= 15 is 0 Å². The van der Waals surface area contributed by atoms with Crippen LogP contribution in [0.4, 0.5) is 0 Å². The van der Waals surface area contributed by atoms with E-state index in [1.54, 1.807) is 0 Å². The molecule has 0 aromatic carbocycles. The third-order valence-corrected chi connectivity index (χ3v) is 2.49. The van der Waals surface area contributed by atoms with E-state index in [-0.39, 0.29) is 23.9 Å². The van der Waals surface area contributed by atoms with Crippen molar-refractivity contribution >= 4 is 0 Å². The summed E-state index contributed by atoms with van der Waals surface area (Å²) in [5.74, 6) is 0. The Hall–Kier alpha value is -0.160. The molecule has 2 saturated heterocycles. The maximum atomic E-state index is 9.51. The van der Waals surface area contributed by atoms with Crippen molar-refractivity contribution < 1.29 is 19.3 Å². The van der Waals surface area contributed by atoms with Gasteiger partial charge in [-0.3, -0.25) is 0 Å². The lowest BCUT2D eigenvalue weighted by atomic mass is 10.1. The Kier molecular flexibility index (Phi) is 2.55. The van der Waals surface area contributed by atoms with E-state index in [9.17, 15) is 5.11 Å². The summed E-state index contributed by atoms with van der Waals surface area (Å²) in [5.41, 5.74) is -0.195. The van der Waals surface area contributed by atoms with Crippen LogP contribution in [-0.4, -0.2) is 48.3 Å². The molecule has 4 nitrogen and oxygen atoms in total. The van der Waals surface area contributed by atoms with Crippen molar-refractivity contribution in [2.75, 3.05) is 13.2 Å². The van der Waals surface area contributed by atoms with Gasteiger partial charge in [0.25, 0.3) is 0 Å². The zero-order valence-electron chi connectivity index (χ0n) is 8.90. The van der Waals surface area contributed by atoms with Crippen molar-refractivity contribution in [3.63, 3.8) is 0 Å². The van der Waals surface area contributed by atoms with E-state index in [0.29, 0.717) is 13.2 Å². The lowest BCUT2D eigenvalue weighted by molar-refractivity contribution is -0.104. The Morgan fingerprint density at radius 1 is 1.14 bits per heavy atom. The molecule has 4 heteroatoms. The monoisotopic (exact) mass is 202 g/mol. The first-order valence-corrected chi connectivity index (χ1v) is 5.06. The fraction of sp³-hybridized carbons (Fsp3) is 1.00. The topological polar surface area (TPSA) is 47.9 Å². The van der Waals surface area contributed by atoms with Crippen LogP contribution in [0.1, 0.15) is 20.8 Å². The summed E-state index contributed by atoms with van der Waals surface area (Å²) in [6.07, 6.45) is -0.822. The molecule has 0 saturated carbocycles. The van der Waals surface area contributed by atoms with Gasteiger partial charge in [0.15, 0.2) is 0 Å². The number of fused-ring (bicyclic) bond motifs is 1. The number of aliphatic hydroxyl groups excluding tert-OH is 1. The van der Waals surface area contributed by atoms with Gasteiger partial charge in [0.05, 0.1) is 18.8 Å². The van der Waals surface area contributed by atoms with Crippen LogP contribution in [0.2, 0.25) is 0 Å². The van der Waals surface area contributed by atoms with Crippen LogP contribution >= 0.6 is 0 Å². The molecule has 2 aliphatic heterocycles. The lowest BCUT2D eigenvalue weighted by Gasteiger charge is -2.26.